The molecule has 1 aromatic carbocycles. The largest absolute Gasteiger partial charge is 0.296 e. The van der Waals surface area contributed by atoms with Crippen molar-refractivity contribution in [2.75, 3.05) is 19.6 Å². The van der Waals surface area contributed by atoms with Crippen LogP contribution < -0.4 is 0 Å². The van der Waals surface area contributed by atoms with Gasteiger partial charge in [-0.25, -0.2) is 4.39 Å². The molecule has 4 nitrogen and oxygen atoms in total. The third-order valence-electron chi connectivity index (χ3n) is 5.63. The van der Waals surface area contributed by atoms with E-state index in [4.69, 9.17) is 4.98 Å². The van der Waals surface area contributed by atoms with Gasteiger partial charge in [0.1, 0.15) is 5.82 Å². The average molecular weight is 378 g/mol. The van der Waals surface area contributed by atoms with E-state index in [0.717, 1.165) is 49.3 Å². The average Bonchev–Trinajstić information content (AvgIpc) is 2.73. The molecule has 0 N–H and O–H groups in total. The molecule has 1 aliphatic rings. The van der Waals surface area contributed by atoms with E-state index < -0.39 is 0 Å². The number of hydrogen-bond donors (Lipinski definition) is 0. The molecule has 146 valence electrons. The van der Waals surface area contributed by atoms with E-state index in [2.05, 4.69) is 33.8 Å². The Bertz CT molecular complexity index is 915. The highest BCUT2D eigenvalue weighted by Gasteiger charge is 2.25. The highest BCUT2D eigenvalue weighted by atomic mass is 19.1. The van der Waals surface area contributed by atoms with Crippen molar-refractivity contribution < 1.29 is 4.39 Å². The highest BCUT2D eigenvalue weighted by Crippen LogP contribution is 2.21. The van der Waals surface area contributed by atoms with Gasteiger partial charge in [0.15, 0.2) is 0 Å². The van der Waals surface area contributed by atoms with Crippen molar-refractivity contribution in [2.45, 2.75) is 38.9 Å². The Labute approximate surface area is 166 Å². The summed E-state index contributed by atoms with van der Waals surface area (Å²) in [5, 5.41) is 0.856. The van der Waals surface area contributed by atoms with E-state index in [9.17, 15) is 4.39 Å². The number of piperidine rings is 1. The predicted octanol–water partition coefficient (Wildman–Crippen LogP) is 4.26. The Morgan fingerprint density at radius 2 is 2.00 bits per heavy atom. The number of hydrogen-bond acceptors (Lipinski definition) is 4. The number of pyridine rings is 2. The summed E-state index contributed by atoms with van der Waals surface area (Å²) in [6.45, 7) is 7.26. The summed E-state index contributed by atoms with van der Waals surface area (Å²) in [5.74, 6) is -0.213. The van der Waals surface area contributed by atoms with E-state index in [1.165, 1.54) is 24.5 Å². The zero-order valence-corrected chi connectivity index (χ0v) is 16.4. The highest BCUT2D eigenvalue weighted by molar-refractivity contribution is 5.78. The summed E-state index contributed by atoms with van der Waals surface area (Å²) in [6.07, 6.45) is 6.18. The SMILES string of the molecule is CCN(Cc1ccncc1)[C@H]1CCCN(Cc2ccc3cc(F)ccc3n2)C1. The third-order valence-corrected chi connectivity index (χ3v) is 5.63. The number of aromatic nitrogens is 2. The molecule has 1 fully saturated rings. The van der Waals surface area contributed by atoms with Crippen molar-refractivity contribution in [1.29, 1.82) is 0 Å². The van der Waals surface area contributed by atoms with Crippen LogP contribution in [0.4, 0.5) is 4.39 Å². The molecule has 0 aliphatic carbocycles. The van der Waals surface area contributed by atoms with Crippen LogP contribution >= 0.6 is 0 Å². The fraction of sp³-hybridized carbons (Fsp3) is 0.391. The molecule has 0 spiro atoms. The number of likely N-dealkylation sites (N-methyl/N-ethyl adjacent to an activating group) is 1. The minimum atomic E-state index is -0.213. The van der Waals surface area contributed by atoms with Crippen LogP contribution in [-0.4, -0.2) is 45.4 Å². The molecule has 0 radical (unpaired) electrons. The van der Waals surface area contributed by atoms with Crippen molar-refractivity contribution in [3.63, 3.8) is 0 Å². The maximum Gasteiger partial charge on any atom is 0.123 e. The molecule has 1 saturated heterocycles. The Hall–Kier alpha value is -2.37. The van der Waals surface area contributed by atoms with Crippen molar-refractivity contribution in [3.8, 4) is 0 Å². The molecule has 3 heterocycles. The first kappa shape index (κ1) is 19.0. The minimum absolute atomic E-state index is 0.213. The fourth-order valence-corrected chi connectivity index (χ4v) is 4.15. The zero-order chi connectivity index (χ0) is 19.3. The second kappa shape index (κ2) is 8.76. The van der Waals surface area contributed by atoms with Gasteiger partial charge in [0, 0.05) is 43.5 Å². The van der Waals surface area contributed by atoms with E-state index in [0.29, 0.717) is 6.04 Å². The lowest BCUT2D eigenvalue weighted by molar-refractivity contribution is 0.0911. The summed E-state index contributed by atoms with van der Waals surface area (Å²) in [4.78, 5) is 13.9. The molecule has 0 unspecified atom stereocenters. The standard InChI is InChI=1S/C23H27FN4/c1-2-28(15-18-9-11-25-12-10-18)22-4-3-13-27(17-22)16-21-7-5-19-14-20(24)6-8-23(19)26-21/h5-12,14,22H,2-4,13,15-17H2,1H3/t22-/m0/s1. The van der Waals surface area contributed by atoms with Gasteiger partial charge in [0.2, 0.25) is 0 Å². The van der Waals surface area contributed by atoms with Gasteiger partial charge in [-0.15, -0.1) is 0 Å². The van der Waals surface area contributed by atoms with Gasteiger partial charge >= 0.3 is 0 Å². The van der Waals surface area contributed by atoms with Crippen molar-refractivity contribution >= 4 is 10.9 Å². The van der Waals surface area contributed by atoms with Crippen molar-refractivity contribution in [2.24, 2.45) is 0 Å². The molecule has 0 bridgehead atoms. The Balaban J connectivity index is 1.42. The van der Waals surface area contributed by atoms with Crippen molar-refractivity contribution in [3.05, 3.63) is 71.9 Å². The first-order valence-electron chi connectivity index (χ1n) is 10.1. The van der Waals surface area contributed by atoms with Crippen LogP contribution in [0, 0.1) is 5.82 Å². The second-order valence-corrected chi connectivity index (χ2v) is 7.59. The van der Waals surface area contributed by atoms with Gasteiger partial charge in [-0.2, -0.15) is 0 Å². The van der Waals surface area contributed by atoms with E-state index in [1.807, 2.05) is 24.5 Å². The molecule has 2 aromatic heterocycles. The van der Waals surface area contributed by atoms with Crippen LogP contribution in [0.25, 0.3) is 10.9 Å². The van der Waals surface area contributed by atoms with Gasteiger partial charge in [0.25, 0.3) is 0 Å². The second-order valence-electron chi connectivity index (χ2n) is 7.59. The monoisotopic (exact) mass is 378 g/mol. The molecule has 0 saturated carbocycles. The number of halogens is 1. The summed E-state index contributed by atoms with van der Waals surface area (Å²) in [7, 11) is 0. The molecular weight excluding hydrogens is 351 g/mol. The lowest BCUT2D eigenvalue weighted by atomic mass is 10.0. The van der Waals surface area contributed by atoms with Crippen LogP contribution in [0.1, 0.15) is 31.0 Å². The predicted molar refractivity (Wildman–Crippen MR) is 110 cm³/mol. The van der Waals surface area contributed by atoms with Gasteiger partial charge in [-0.1, -0.05) is 13.0 Å². The van der Waals surface area contributed by atoms with E-state index in [-0.39, 0.29) is 5.82 Å². The Morgan fingerprint density at radius 3 is 2.82 bits per heavy atom. The summed E-state index contributed by atoms with van der Waals surface area (Å²) < 4.78 is 13.4. The van der Waals surface area contributed by atoms with Crippen LogP contribution in [0.3, 0.4) is 0 Å². The fourth-order valence-electron chi connectivity index (χ4n) is 4.15. The number of benzene rings is 1. The van der Waals surface area contributed by atoms with E-state index >= 15 is 0 Å². The lowest BCUT2D eigenvalue weighted by Crippen LogP contribution is -2.47. The van der Waals surface area contributed by atoms with Crippen LogP contribution in [0.2, 0.25) is 0 Å². The quantitative estimate of drug-likeness (QED) is 0.642. The topological polar surface area (TPSA) is 32.3 Å². The minimum Gasteiger partial charge on any atom is -0.296 e. The molecule has 1 atom stereocenters. The number of nitrogens with zero attached hydrogens (tertiary/aromatic N) is 4. The number of fused-ring (bicyclic) bond motifs is 1. The van der Waals surface area contributed by atoms with Crippen LogP contribution in [-0.2, 0) is 13.1 Å². The van der Waals surface area contributed by atoms with Crippen LogP contribution in [0.15, 0.2) is 54.9 Å². The summed E-state index contributed by atoms with van der Waals surface area (Å²) >= 11 is 0. The van der Waals surface area contributed by atoms with Gasteiger partial charge in [-0.3, -0.25) is 19.8 Å². The van der Waals surface area contributed by atoms with Gasteiger partial charge in [0.05, 0.1) is 11.2 Å². The number of likely N-dealkylation sites (tertiary alicyclic amines) is 1. The Morgan fingerprint density at radius 1 is 1.14 bits per heavy atom. The molecule has 5 heteroatoms. The maximum atomic E-state index is 13.4. The molecule has 3 aromatic rings. The normalized spacial score (nSPS) is 18.0. The first-order valence-corrected chi connectivity index (χ1v) is 10.1. The lowest BCUT2D eigenvalue weighted by Gasteiger charge is -2.39. The van der Waals surface area contributed by atoms with Crippen LogP contribution in [0.5, 0.6) is 0 Å². The summed E-state index contributed by atoms with van der Waals surface area (Å²) in [6, 6.07) is 13.6. The summed E-state index contributed by atoms with van der Waals surface area (Å²) in [5.41, 5.74) is 3.23. The zero-order valence-electron chi connectivity index (χ0n) is 16.4. The van der Waals surface area contributed by atoms with E-state index in [1.54, 1.807) is 12.1 Å². The molecule has 1 aliphatic heterocycles. The number of rotatable bonds is 6. The van der Waals surface area contributed by atoms with Gasteiger partial charge in [-0.05, 0) is 67.9 Å². The molecular formula is C23H27FN4. The maximum absolute atomic E-state index is 13.4. The molecule has 4 rings (SSSR count). The van der Waals surface area contributed by atoms with Crippen molar-refractivity contribution in [1.82, 2.24) is 19.8 Å². The third kappa shape index (κ3) is 4.54. The smallest absolute Gasteiger partial charge is 0.123 e. The Kier molecular flexibility index (Phi) is 5.93. The van der Waals surface area contributed by atoms with Gasteiger partial charge < -0.3 is 0 Å². The molecule has 0 amide bonds. The first-order chi connectivity index (χ1) is 13.7. The molecule has 28 heavy (non-hydrogen) atoms.